The molecule has 0 aliphatic heterocycles. The van der Waals surface area contributed by atoms with Crippen LogP contribution in [0.4, 0.5) is 4.79 Å². The molecule has 0 saturated heterocycles. The number of hydrogen-bond donors (Lipinski definition) is 2. The molecule has 0 unspecified atom stereocenters. The van der Waals surface area contributed by atoms with Crippen molar-refractivity contribution >= 4 is 6.03 Å². The first-order valence-corrected chi connectivity index (χ1v) is 7.36. The van der Waals surface area contributed by atoms with Gasteiger partial charge in [-0.25, -0.2) is 9.78 Å². The van der Waals surface area contributed by atoms with Gasteiger partial charge < -0.3 is 15.4 Å². The van der Waals surface area contributed by atoms with Gasteiger partial charge >= 0.3 is 6.03 Å². The number of rotatable bonds is 9. The summed E-state index contributed by atoms with van der Waals surface area (Å²) in [6.07, 6.45) is 6.29. The van der Waals surface area contributed by atoms with Gasteiger partial charge in [-0.2, -0.15) is 0 Å². The molecule has 0 fully saturated rings. The van der Waals surface area contributed by atoms with Gasteiger partial charge in [-0.15, -0.1) is 0 Å². The number of carbonyl (C=O) groups is 1. The van der Waals surface area contributed by atoms with Gasteiger partial charge in [0.15, 0.2) is 0 Å². The Labute approximate surface area is 121 Å². The summed E-state index contributed by atoms with van der Waals surface area (Å²) in [4.78, 5) is 15.8. The van der Waals surface area contributed by atoms with Gasteiger partial charge in [-0.1, -0.05) is 32.3 Å². The number of unbranched alkanes of at least 4 members (excludes halogenated alkanes) is 3. The number of pyridine rings is 1. The number of nitrogens with one attached hydrogen (secondary N) is 2. The molecule has 0 spiro atoms. The van der Waals surface area contributed by atoms with Crippen molar-refractivity contribution in [3.8, 4) is 5.88 Å². The van der Waals surface area contributed by atoms with Crippen LogP contribution in [0.1, 0.15) is 45.1 Å². The first-order chi connectivity index (χ1) is 9.77. The van der Waals surface area contributed by atoms with Crippen LogP contribution in [0.3, 0.4) is 0 Å². The third-order valence-corrected chi connectivity index (χ3v) is 2.89. The van der Waals surface area contributed by atoms with Gasteiger partial charge in [-0.05, 0) is 19.4 Å². The predicted molar refractivity (Wildman–Crippen MR) is 79.8 cm³/mol. The van der Waals surface area contributed by atoms with E-state index in [-0.39, 0.29) is 6.03 Å². The zero-order valence-corrected chi connectivity index (χ0v) is 12.4. The van der Waals surface area contributed by atoms with E-state index in [2.05, 4.69) is 22.5 Å². The molecule has 1 aromatic rings. The van der Waals surface area contributed by atoms with Gasteiger partial charge in [0.05, 0.1) is 6.61 Å². The van der Waals surface area contributed by atoms with Crippen molar-refractivity contribution in [2.24, 2.45) is 0 Å². The molecule has 0 radical (unpaired) electrons. The number of ether oxygens (including phenoxy) is 1. The van der Waals surface area contributed by atoms with Crippen LogP contribution in [0.5, 0.6) is 5.88 Å². The molecule has 0 aliphatic rings. The highest BCUT2D eigenvalue weighted by atomic mass is 16.5. The Morgan fingerprint density at radius 2 is 2.10 bits per heavy atom. The SMILES string of the molecule is CCCCCCNC(=O)NCc1cccnc1OCC. The number of urea groups is 1. The molecule has 0 aliphatic carbocycles. The maximum absolute atomic E-state index is 11.6. The van der Waals surface area contributed by atoms with Gasteiger partial charge in [-0.3, -0.25) is 0 Å². The number of carbonyl (C=O) groups excluding carboxylic acids is 1. The van der Waals surface area contributed by atoms with Gasteiger partial charge in [0.2, 0.25) is 5.88 Å². The van der Waals surface area contributed by atoms with Crippen molar-refractivity contribution in [1.82, 2.24) is 15.6 Å². The minimum atomic E-state index is -0.146. The van der Waals surface area contributed by atoms with E-state index in [0.29, 0.717) is 19.0 Å². The highest BCUT2D eigenvalue weighted by Crippen LogP contribution is 2.13. The van der Waals surface area contributed by atoms with Crippen molar-refractivity contribution in [2.45, 2.75) is 46.1 Å². The fourth-order valence-electron chi connectivity index (χ4n) is 1.82. The Morgan fingerprint density at radius 3 is 2.85 bits per heavy atom. The van der Waals surface area contributed by atoms with Crippen molar-refractivity contribution in [2.75, 3.05) is 13.2 Å². The molecule has 5 heteroatoms. The Hall–Kier alpha value is -1.78. The van der Waals surface area contributed by atoms with Crippen LogP contribution in [0.15, 0.2) is 18.3 Å². The third-order valence-electron chi connectivity index (χ3n) is 2.89. The molecule has 2 amide bonds. The van der Waals surface area contributed by atoms with E-state index in [1.54, 1.807) is 6.20 Å². The summed E-state index contributed by atoms with van der Waals surface area (Å²) in [6.45, 7) is 5.79. The Bertz CT molecular complexity index is 396. The lowest BCUT2D eigenvalue weighted by Gasteiger charge is -2.10. The standard InChI is InChI=1S/C15H25N3O2/c1-3-5-6-7-10-17-15(19)18-12-13-9-8-11-16-14(13)20-4-2/h8-9,11H,3-7,10,12H2,1-2H3,(H2,17,18,19). The maximum atomic E-state index is 11.6. The molecule has 1 heterocycles. The van der Waals surface area contributed by atoms with E-state index < -0.39 is 0 Å². The van der Waals surface area contributed by atoms with E-state index in [4.69, 9.17) is 4.74 Å². The fourth-order valence-corrected chi connectivity index (χ4v) is 1.82. The summed E-state index contributed by atoms with van der Waals surface area (Å²) >= 11 is 0. The van der Waals surface area contributed by atoms with Gasteiger partial charge in [0.1, 0.15) is 0 Å². The molecule has 5 nitrogen and oxygen atoms in total. The molecular formula is C15H25N3O2. The van der Waals surface area contributed by atoms with Crippen molar-refractivity contribution < 1.29 is 9.53 Å². The summed E-state index contributed by atoms with van der Waals surface area (Å²) < 4.78 is 5.41. The van der Waals surface area contributed by atoms with Crippen LogP contribution in [-0.2, 0) is 6.54 Å². The number of amides is 2. The van der Waals surface area contributed by atoms with Crippen molar-refractivity contribution in [1.29, 1.82) is 0 Å². The zero-order chi connectivity index (χ0) is 14.6. The monoisotopic (exact) mass is 279 g/mol. The lowest BCUT2D eigenvalue weighted by molar-refractivity contribution is 0.240. The number of aromatic nitrogens is 1. The minimum Gasteiger partial charge on any atom is -0.478 e. The molecule has 1 aromatic heterocycles. The maximum Gasteiger partial charge on any atom is 0.315 e. The Kier molecular flexibility index (Phi) is 8.19. The number of hydrogen-bond acceptors (Lipinski definition) is 3. The van der Waals surface area contributed by atoms with Crippen molar-refractivity contribution in [3.05, 3.63) is 23.9 Å². The topological polar surface area (TPSA) is 63.2 Å². The van der Waals surface area contributed by atoms with Crippen LogP contribution < -0.4 is 15.4 Å². The average Bonchev–Trinajstić information content (AvgIpc) is 2.46. The molecule has 0 bridgehead atoms. The summed E-state index contributed by atoms with van der Waals surface area (Å²) in [5.41, 5.74) is 0.885. The largest absolute Gasteiger partial charge is 0.478 e. The van der Waals surface area contributed by atoms with E-state index >= 15 is 0 Å². The van der Waals surface area contributed by atoms with Crippen molar-refractivity contribution in [3.63, 3.8) is 0 Å². The van der Waals surface area contributed by atoms with E-state index in [1.165, 1.54) is 12.8 Å². The lowest BCUT2D eigenvalue weighted by atomic mass is 10.2. The molecule has 0 atom stereocenters. The summed E-state index contributed by atoms with van der Waals surface area (Å²) in [5.74, 6) is 0.582. The first-order valence-electron chi connectivity index (χ1n) is 7.36. The molecular weight excluding hydrogens is 254 g/mol. The van der Waals surface area contributed by atoms with Gasteiger partial charge in [0.25, 0.3) is 0 Å². The van der Waals surface area contributed by atoms with E-state index in [1.807, 2.05) is 19.1 Å². The minimum absolute atomic E-state index is 0.146. The summed E-state index contributed by atoms with van der Waals surface area (Å²) in [7, 11) is 0. The predicted octanol–water partition coefficient (Wildman–Crippen LogP) is 2.86. The molecule has 20 heavy (non-hydrogen) atoms. The molecule has 2 N–H and O–H groups in total. The molecule has 112 valence electrons. The van der Waals surface area contributed by atoms with Crippen LogP contribution in [0.25, 0.3) is 0 Å². The second kappa shape index (κ2) is 10.1. The normalized spacial score (nSPS) is 10.1. The first kappa shape index (κ1) is 16.3. The van der Waals surface area contributed by atoms with E-state index in [9.17, 15) is 4.79 Å². The van der Waals surface area contributed by atoms with Gasteiger partial charge in [0, 0.05) is 24.8 Å². The van der Waals surface area contributed by atoms with Crippen LogP contribution in [0.2, 0.25) is 0 Å². The lowest BCUT2D eigenvalue weighted by Crippen LogP contribution is -2.35. The smallest absolute Gasteiger partial charge is 0.315 e. The van der Waals surface area contributed by atoms with Crippen LogP contribution >= 0.6 is 0 Å². The molecule has 0 aromatic carbocycles. The second-order valence-corrected chi connectivity index (χ2v) is 4.57. The third kappa shape index (κ3) is 6.41. The number of nitrogens with zero attached hydrogens (tertiary/aromatic N) is 1. The van der Waals surface area contributed by atoms with Crippen LogP contribution in [-0.4, -0.2) is 24.2 Å². The fraction of sp³-hybridized carbons (Fsp3) is 0.600. The highest BCUT2D eigenvalue weighted by Gasteiger charge is 2.05. The summed E-state index contributed by atoms with van der Waals surface area (Å²) in [6, 6.07) is 3.59. The highest BCUT2D eigenvalue weighted by molar-refractivity contribution is 5.73. The van der Waals surface area contributed by atoms with Crippen LogP contribution in [0, 0.1) is 0 Å². The quantitative estimate of drug-likeness (QED) is 0.683. The Morgan fingerprint density at radius 1 is 1.25 bits per heavy atom. The molecule has 0 saturated carbocycles. The molecule has 1 rings (SSSR count). The Balaban J connectivity index is 2.26. The summed E-state index contributed by atoms with van der Waals surface area (Å²) in [5, 5.41) is 5.67. The average molecular weight is 279 g/mol. The van der Waals surface area contributed by atoms with E-state index in [0.717, 1.165) is 24.9 Å². The second-order valence-electron chi connectivity index (χ2n) is 4.57. The zero-order valence-electron chi connectivity index (χ0n) is 12.4.